The van der Waals surface area contributed by atoms with Gasteiger partial charge in [0, 0.05) is 6.08 Å². The van der Waals surface area contributed by atoms with Gasteiger partial charge in [0.15, 0.2) is 0 Å². The van der Waals surface area contributed by atoms with Gasteiger partial charge in [0.05, 0.1) is 0 Å². The van der Waals surface area contributed by atoms with E-state index in [4.69, 9.17) is 9.84 Å². The number of carbonyl (C=O) groups is 1. The first-order valence-electron chi connectivity index (χ1n) is 6.31. The van der Waals surface area contributed by atoms with E-state index in [0.29, 0.717) is 5.57 Å². The van der Waals surface area contributed by atoms with E-state index in [2.05, 4.69) is 0 Å². The molecule has 0 aliphatic carbocycles. The molecule has 0 saturated carbocycles. The van der Waals surface area contributed by atoms with Crippen LogP contribution < -0.4 is 4.74 Å². The van der Waals surface area contributed by atoms with Gasteiger partial charge in [-0.1, -0.05) is 24.3 Å². The van der Waals surface area contributed by atoms with Crippen LogP contribution in [0.5, 0.6) is 11.5 Å². The van der Waals surface area contributed by atoms with Crippen molar-refractivity contribution in [1.29, 1.82) is 0 Å². The minimum Gasteiger partial charge on any atom is -0.478 e. The molecule has 2 aromatic carbocycles. The molecule has 3 nitrogen and oxygen atoms in total. The molecule has 102 valence electrons. The zero-order chi connectivity index (χ0) is 14.5. The molecule has 0 fully saturated rings. The highest BCUT2D eigenvalue weighted by atomic mass is 16.5. The lowest BCUT2D eigenvalue weighted by Crippen LogP contribution is -1.90. The highest BCUT2D eigenvalue weighted by Gasteiger charge is 2.01. The predicted molar refractivity (Wildman–Crippen MR) is 79.0 cm³/mol. The summed E-state index contributed by atoms with van der Waals surface area (Å²) in [5, 5.41) is 8.72. The number of hydrogen-bond acceptors (Lipinski definition) is 2. The summed E-state index contributed by atoms with van der Waals surface area (Å²) >= 11 is 0. The smallest absolute Gasteiger partial charge is 0.328 e. The Kier molecular flexibility index (Phi) is 4.20. The fourth-order valence-corrected chi connectivity index (χ4v) is 1.87. The number of benzene rings is 2. The van der Waals surface area contributed by atoms with Crippen LogP contribution in [0.15, 0.2) is 54.6 Å². The van der Waals surface area contributed by atoms with E-state index in [1.807, 2.05) is 55.5 Å². The molecular formula is C17H16O3. The van der Waals surface area contributed by atoms with Gasteiger partial charge in [0.2, 0.25) is 0 Å². The van der Waals surface area contributed by atoms with Crippen molar-refractivity contribution >= 4 is 11.5 Å². The first-order valence-corrected chi connectivity index (χ1v) is 6.31. The molecule has 0 aromatic heterocycles. The van der Waals surface area contributed by atoms with Crippen molar-refractivity contribution in [2.75, 3.05) is 0 Å². The second-order valence-corrected chi connectivity index (χ2v) is 4.61. The van der Waals surface area contributed by atoms with E-state index in [-0.39, 0.29) is 0 Å². The Morgan fingerprint density at radius 1 is 1.10 bits per heavy atom. The Morgan fingerprint density at radius 2 is 1.80 bits per heavy atom. The molecule has 2 rings (SSSR count). The van der Waals surface area contributed by atoms with Crippen LogP contribution in [-0.2, 0) is 4.79 Å². The zero-order valence-corrected chi connectivity index (χ0v) is 11.5. The third-order valence-electron chi connectivity index (χ3n) is 2.87. The van der Waals surface area contributed by atoms with Crippen LogP contribution in [0.25, 0.3) is 5.57 Å². The Bertz CT molecular complexity index is 640. The van der Waals surface area contributed by atoms with Crippen LogP contribution >= 0.6 is 0 Å². The molecule has 0 aliphatic rings. The SMILES string of the molecule is CC(=CC(=O)O)c1ccc(Oc2cccc(C)c2)cc1. The Hall–Kier alpha value is -2.55. The van der Waals surface area contributed by atoms with Crippen LogP contribution in [0, 0.1) is 6.92 Å². The largest absolute Gasteiger partial charge is 0.478 e. The monoisotopic (exact) mass is 268 g/mol. The van der Waals surface area contributed by atoms with Crippen molar-refractivity contribution in [3.8, 4) is 11.5 Å². The van der Waals surface area contributed by atoms with Crippen LogP contribution in [-0.4, -0.2) is 11.1 Å². The Balaban J connectivity index is 2.14. The van der Waals surface area contributed by atoms with Gasteiger partial charge in [0.25, 0.3) is 0 Å². The molecule has 1 N–H and O–H groups in total. The van der Waals surface area contributed by atoms with Crippen LogP contribution in [0.3, 0.4) is 0 Å². The second kappa shape index (κ2) is 6.06. The molecule has 0 bridgehead atoms. The third-order valence-corrected chi connectivity index (χ3v) is 2.87. The molecule has 0 spiro atoms. The van der Waals surface area contributed by atoms with Crippen molar-refractivity contribution in [2.24, 2.45) is 0 Å². The summed E-state index contributed by atoms with van der Waals surface area (Å²) in [4.78, 5) is 10.6. The van der Waals surface area contributed by atoms with E-state index in [9.17, 15) is 4.79 Å². The van der Waals surface area contributed by atoms with E-state index in [1.54, 1.807) is 6.92 Å². The van der Waals surface area contributed by atoms with Gasteiger partial charge in [-0.25, -0.2) is 4.79 Å². The number of rotatable bonds is 4. The average Bonchev–Trinajstić information content (AvgIpc) is 2.38. The number of carboxylic acid groups (broad SMARTS) is 1. The van der Waals surface area contributed by atoms with Crippen molar-refractivity contribution in [1.82, 2.24) is 0 Å². The molecule has 20 heavy (non-hydrogen) atoms. The fourth-order valence-electron chi connectivity index (χ4n) is 1.87. The van der Waals surface area contributed by atoms with Gasteiger partial charge < -0.3 is 9.84 Å². The van der Waals surface area contributed by atoms with Crippen LogP contribution in [0.2, 0.25) is 0 Å². The summed E-state index contributed by atoms with van der Waals surface area (Å²) < 4.78 is 5.74. The van der Waals surface area contributed by atoms with Gasteiger partial charge in [-0.15, -0.1) is 0 Å². The molecule has 2 aromatic rings. The molecule has 3 heteroatoms. The molecule has 0 unspecified atom stereocenters. The van der Waals surface area contributed by atoms with Gasteiger partial charge in [-0.2, -0.15) is 0 Å². The molecular weight excluding hydrogens is 252 g/mol. The minimum atomic E-state index is -0.942. The molecule has 0 amide bonds. The molecule has 0 radical (unpaired) electrons. The lowest BCUT2D eigenvalue weighted by molar-refractivity contribution is -0.131. The molecule has 0 aliphatic heterocycles. The number of hydrogen-bond donors (Lipinski definition) is 1. The highest BCUT2D eigenvalue weighted by Crippen LogP contribution is 2.24. The maximum absolute atomic E-state index is 10.6. The van der Waals surface area contributed by atoms with E-state index < -0.39 is 5.97 Å². The first kappa shape index (κ1) is 13.9. The second-order valence-electron chi connectivity index (χ2n) is 4.61. The van der Waals surface area contributed by atoms with Gasteiger partial charge in [-0.3, -0.25) is 0 Å². The van der Waals surface area contributed by atoms with Crippen molar-refractivity contribution in [3.63, 3.8) is 0 Å². The highest BCUT2D eigenvalue weighted by molar-refractivity contribution is 5.89. The first-order chi connectivity index (χ1) is 9.54. The maximum atomic E-state index is 10.6. The van der Waals surface area contributed by atoms with E-state index in [1.165, 1.54) is 6.08 Å². The van der Waals surface area contributed by atoms with E-state index in [0.717, 1.165) is 22.6 Å². The Morgan fingerprint density at radius 3 is 2.40 bits per heavy atom. The van der Waals surface area contributed by atoms with Gasteiger partial charge in [0.1, 0.15) is 11.5 Å². The third kappa shape index (κ3) is 3.72. The number of aryl methyl sites for hydroxylation is 1. The van der Waals surface area contributed by atoms with Crippen LogP contribution in [0.4, 0.5) is 0 Å². The number of ether oxygens (including phenoxy) is 1. The topological polar surface area (TPSA) is 46.5 Å². The lowest BCUT2D eigenvalue weighted by Gasteiger charge is -2.07. The van der Waals surface area contributed by atoms with Crippen LogP contribution in [0.1, 0.15) is 18.1 Å². The van der Waals surface area contributed by atoms with Crippen molar-refractivity contribution in [3.05, 3.63) is 65.7 Å². The predicted octanol–water partition coefficient (Wildman–Crippen LogP) is 4.28. The fraction of sp³-hybridized carbons (Fsp3) is 0.118. The van der Waals surface area contributed by atoms with Gasteiger partial charge >= 0.3 is 5.97 Å². The summed E-state index contributed by atoms with van der Waals surface area (Å²) in [5.74, 6) is 0.570. The summed E-state index contributed by atoms with van der Waals surface area (Å²) in [5.41, 5.74) is 2.71. The number of allylic oxidation sites excluding steroid dienone is 1. The zero-order valence-electron chi connectivity index (χ0n) is 11.5. The molecule has 0 atom stereocenters. The molecule has 0 saturated heterocycles. The summed E-state index contributed by atoms with van der Waals surface area (Å²) in [6, 6.07) is 15.2. The summed E-state index contributed by atoms with van der Waals surface area (Å²) in [6.07, 6.45) is 1.19. The van der Waals surface area contributed by atoms with Gasteiger partial charge in [-0.05, 0) is 54.8 Å². The summed E-state index contributed by atoms with van der Waals surface area (Å²) in [6.45, 7) is 3.78. The quantitative estimate of drug-likeness (QED) is 0.842. The van der Waals surface area contributed by atoms with Crippen molar-refractivity contribution in [2.45, 2.75) is 13.8 Å². The Labute approximate surface area is 118 Å². The number of aliphatic carboxylic acids is 1. The van der Waals surface area contributed by atoms with Crippen molar-refractivity contribution < 1.29 is 14.6 Å². The maximum Gasteiger partial charge on any atom is 0.328 e. The number of carboxylic acids is 1. The average molecular weight is 268 g/mol. The van der Waals surface area contributed by atoms with E-state index >= 15 is 0 Å². The molecule has 0 heterocycles. The minimum absolute atomic E-state index is 0.708. The lowest BCUT2D eigenvalue weighted by atomic mass is 10.1. The normalized spacial score (nSPS) is 11.2. The summed E-state index contributed by atoms with van der Waals surface area (Å²) in [7, 11) is 0. The standard InChI is InChI=1S/C17H16O3/c1-12-4-3-5-16(10-12)20-15-8-6-14(7-9-15)13(2)11-17(18)19/h3-11H,1-2H3,(H,18,19).